The quantitative estimate of drug-likeness (QED) is 0.873. The van der Waals surface area contributed by atoms with Crippen molar-refractivity contribution in [2.45, 2.75) is 19.0 Å². The van der Waals surface area contributed by atoms with Crippen LogP contribution in [0.1, 0.15) is 22.0 Å². The van der Waals surface area contributed by atoms with Crippen LogP contribution in [0.25, 0.3) is 5.00 Å². The van der Waals surface area contributed by atoms with Crippen LogP contribution in [0.5, 0.6) is 0 Å². The molecule has 0 aliphatic carbocycles. The summed E-state index contributed by atoms with van der Waals surface area (Å²) in [6.45, 7) is 5.99. The zero-order chi connectivity index (χ0) is 13.4. The van der Waals surface area contributed by atoms with Gasteiger partial charge in [-0.1, -0.05) is 6.08 Å². The Bertz CT molecular complexity index is 583. The summed E-state index contributed by atoms with van der Waals surface area (Å²) in [6.07, 6.45) is 7.09. The molecular formula is C15H19N3S. The van der Waals surface area contributed by atoms with Crippen LogP contribution in [-0.2, 0) is 13.0 Å². The van der Waals surface area contributed by atoms with E-state index in [9.17, 15) is 0 Å². The van der Waals surface area contributed by atoms with Gasteiger partial charge in [-0.25, -0.2) is 0 Å². The normalized spacial score (nSPS) is 17.2. The molecule has 0 bridgehead atoms. The summed E-state index contributed by atoms with van der Waals surface area (Å²) in [5.41, 5.74) is 8.97. The molecule has 4 heteroatoms. The number of hydrogen-bond donors (Lipinski definition) is 1. The summed E-state index contributed by atoms with van der Waals surface area (Å²) >= 11 is 1.86. The van der Waals surface area contributed by atoms with E-state index in [1.807, 2.05) is 29.5 Å². The Labute approximate surface area is 118 Å². The van der Waals surface area contributed by atoms with E-state index in [4.69, 9.17) is 5.73 Å². The van der Waals surface area contributed by atoms with Crippen molar-refractivity contribution in [3.63, 3.8) is 0 Å². The molecule has 1 unspecified atom stereocenters. The summed E-state index contributed by atoms with van der Waals surface area (Å²) in [4.78, 5) is 3.81. The van der Waals surface area contributed by atoms with E-state index in [1.54, 1.807) is 0 Å². The Morgan fingerprint density at radius 2 is 2.16 bits per heavy atom. The Morgan fingerprint density at radius 3 is 2.84 bits per heavy atom. The van der Waals surface area contributed by atoms with Crippen LogP contribution < -0.4 is 5.73 Å². The predicted molar refractivity (Wildman–Crippen MR) is 80.8 cm³/mol. The van der Waals surface area contributed by atoms with E-state index in [2.05, 4.69) is 35.5 Å². The highest BCUT2D eigenvalue weighted by atomic mass is 32.1. The number of hydrogen-bond acceptors (Lipinski definition) is 3. The number of nitrogens with two attached hydrogens (primary N) is 1. The number of likely N-dealkylation sites (N-methyl/N-ethyl adjacent to an activating group) is 1. The van der Waals surface area contributed by atoms with Gasteiger partial charge in [0.1, 0.15) is 5.00 Å². The van der Waals surface area contributed by atoms with Gasteiger partial charge in [0.25, 0.3) is 0 Å². The monoisotopic (exact) mass is 273 g/mol. The van der Waals surface area contributed by atoms with Gasteiger partial charge >= 0.3 is 0 Å². The van der Waals surface area contributed by atoms with Crippen molar-refractivity contribution < 1.29 is 0 Å². The van der Waals surface area contributed by atoms with Gasteiger partial charge in [-0.15, -0.1) is 17.9 Å². The van der Waals surface area contributed by atoms with Crippen LogP contribution in [-0.4, -0.2) is 23.1 Å². The Hall–Kier alpha value is -1.36. The second-order valence-electron chi connectivity index (χ2n) is 5.06. The second kappa shape index (κ2) is 4.96. The molecule has 0 radical (unpaired) electrons. The smallest absolute Gasteiger partial charge is 0.105 e. The van der Waals surface area contributed by atoms with Crippen molar-refractivity contribution in [2.75, 3.05) is 13.6 Å². The fraction of sp³-hybridized carbons (Fsp3) is 0.333. The van der Waals surface area contributed by atoms with E-state index in [0.717, 1.165) is 19.5 Å². The fourth-order valence-corrected chi connectivity index (χ4v) is 4.11. The third kappa shape index (κ3) is 2.16. The highest BCUT2D eigenvalue weighted by Gasteiger charge is 2.25. The van der Waals surface area contributed by atoms with Crippen LogP contribution in [0.4, 0.5) is 0 Å². The third-order valence-corrected chi connectivity index (χ3v) is 4.94. The molecule has 0 aromatic carbocycles. The van der Waals surface area contributed by atoms with Crippen molar-refractivity contribution in [1.82, 2.24) is 9.47 Å². The van der Waals surface area contributed by atoms with Gasteiger partial charge in [0.2, 0.25) is 0 Å². The molecule has 2 aromatic rings. The Kier molecular flexibility index (Phi) is 3.31. The standard InChI is InChI=1S/C15H19N3S/c1-3-12(16)14-11-6-9-17(2)10-13(11)19-15(14)18-7-4-5-8-18/h3-5,7-8,12H,1,6,9-10,16H2,2H3. The molecule has 0 saturated carbocycles. The van der Waals surface area contributed by atoms with Gasteiger partial charge < -0.3 is 15.2 Å². The van der Waals surface area contributed by atoms with E-state index in [0.29, 0.717) is 0 Å². The summed E-state index contributed by atoms with van der Waals surface area (Å²) in [7, 11) is 2.17. The van der Waals surface area contributed by atoms with Crippen LogP contribution in [0.15, 0.2) is 37.2 Å². The van der Waals surface area contributed by atoms with Crippen molar-refractivity contribution in [3.05, 3.63) is 53.2 Å². The maximum atomic E-state index is 6.27. The zero-order valence-corrected chi connectivity index (χ0v) is 12.0. The van der Waals surface area contributed by atoms with Crippen LogP contribution in [0, 0.1) is 0 Å². The fourth-order valence-electron chi connectivity index (χ4n) is 2.66. The third-order valence-electron chi connectivity index (χ3n) is 3.70. The minimum absolute atomic E-state index is 0.0826. The first kappa shape index (κ1) is 12.7. The first-order chi connectivity index (χ1) is 9.20. The van der Waals surface area contributed by atoms with Crippen molar-refractivity contribution >= 4 is 11.3 Å². The van der Waals surface area contributed by atoms with Gasteiger partial charge in [-0.3, -0.25) is 0 Å². The minimum Gasteiger partial charge on any atom is -0.321 e. The van der Waals surface area contributed by atoms with Crippen molar-refractivity contribution in [3.8, 4) is 5.00 Å². The number of rotatable bonds is 3. The number of aromatic nitrogens is 1. The average molecular weight is 273 g/mol. The van der Waals surface area contributed by atoms with Gasteiger partial charge in [-0.05, 0) is 31.2 Å². The molecule has 0 amide bonds. The van der Waals surface area contributed by atoms with Crippen molar-refractivity contribution in [1.29, 1.82) is 0 Å². The summed E-state index contributed by atoms with van der Waals surface area (Å²) < 4.78 is 2.17. The van der Waals surface area contributed by atoms with Gasteiger partial charge in [0.15, 0.2) is 0 Å². The van der Waals surface area contributed by atoms with Crippen LogP contribution >= 0.6 is 11.3 Å². The van der Waals surface area contributed by atoms with E-state index >= 15 is 0 Å². The SMILES string of the molecule is C=CC(N)c1c(-n2cccc2)sc2c1CCN(C)C2. The van der Waals surface area contributed by atoms with E-state index in [-0.39, 0.29) is 6.04 Å². The lowest BCUT2D eigenvalue weighted by molar-refractivity contribution is 0.316. The maximum absolute atomic E-state index is 6.27. The summed E-state index contributed by atoms with van der Waals surface area (Å²) in [6, 6.07) is 4.02. The number of thiophene rings is 1. The molecule has 0 fully saturated rings. The highest BCUT2D eigenvalue weighted by Crippen LogP contribution is 2.38. The summed E-state index contributed by atoms with van der Waals surface area (Å²) in [5.74, 6) is 0. The molecule has 1 atom stereocenters. The van der Waals surface area contributed by atoms with Gasteiger partial charge in [0.05, 0.1) is 6.04 Å². The van der Waals surface area contributed by atoms with Crippen LogP contribution in [0.2, 0.25) is 0 Å². The molecule has 2 aromatic heterocycles. The first-order valence-electron chi connectivity index (χ1n) is 6.55. The van der Waals surface area contributed by atoms with E-state index < -0.39 is 0 Å². The van der Waals surface area contributed by atoms with Crippen LogP contribution in [0.3, 0.4) is 0 Å². The molecule has 3 rings (SSSR count). The topological polar surface area (TPSA) is 34.2 Å². The molecule has 2 N–H and O–H groups in total. The Morgan fingerprint density at radius 1 is 1.42 bits per heavy atom. The molecule has 3 nitrogen and oxygen atoms in total. The van der Waals surface area contributed by atoms with Crippen molar-refractivity contribution in [2.24, 2.45) is 5.73 Å². The largest absolute Gasteiger partial charge is 0.321 e. The molecule has 3 heterocycles. The van der Waals surface area contributed by atoms with E-state index in [1.165, 1.54) is 21.0 Å². The highest BCUT2D eigenvalue weighted by molar-refractivity contribution is 7.15. The lowest BCUT2D eigenvalue weighted by atomic mass is 9.98. The maximum Gasteiger partial charge on any atom is 0.105 e. The lowest BCUT2D eigenvalue weighted by Gasteiger charge is -2.23. The van der Waals surface area contributed by atoms with Gasteiger partial charge in [0, 0.05) is 35.9 Å². The molecule has 1 aliphatic heterocycles. The number of fused-ring (bicyclic) bond motifs is 1. The zero-order valence-electron chi connectivity index (χ0n) is 11.2. The lowest BCUT2D eigenvalue weighted by Crippen LogP contribution is -2.26. The number of nitrogens with zero attached hydrogens (tertiary/aromatic N) is 2. The molecular weight excluding hydrogens is 254 g/mol. The predicted octanol–water partition coefficient (Wildman–Crippen LogP) is 2.71. The van der Waals surface area contributed by atoms with Gasteiger partial charge in [-0.2, -0.15) is 0 Å². The first-order valence-corrected chi connectivity index (χ1v) is 7.37. The molecule has 19 heavy (non-hydrogen) atoms. The Balaban J connectivity index is 2.16. The molecule has 100 valence electrons. The molecule has 1 aliphatic rings. The summed E-state index contributed by atoms with van der Waals surface area (Å²) in [5, 5.41) is 1.25. The molecule has 0 saturated heterocycles. The second-order valence-corrected chi connectivity index (χ2v) is 6.15. The minimum atomic E-state index is -0.0826. The molecule has 0 spiro atoms. The average Bonchev–Trinajstić information content (AvgIpc) is 3.03.